The van der Waals surface area contributed by atoms with Crippen molar-refractivity contribution >= 4 is 15.9 Å². The summed E-state index contributed by atoms with van der Waals surface area (Å²) >= 11 is 3.34. The molecular weight excluding hydrogens is 192 g/mol. The summed E-state index contributed by atoms with van der Waals surface area (Å²) in [6.07, 6.45) is 7.87. The lowest BCUT2D eigenvalue weighted by atomic mass is 9.98. The van der Waals surface area contributed by atoms with Gasteiger partial charge in [0.25, 0.3) is 0 Å². The van der Waals surface area contributed by atoms with Crippen molar-refractivity contribution in [2.75, 3.05) is 11.9 Å². The zero-order valence-electron chi connectivity index (χ0n) is 6.18. The molecule has 0 N–H and O–H groups in total. The van der Waals surface area contributed by atoms with Gasteiger partial charge in [0.15, 0.2) is 0 Å². The van der Waals surface area contributed by atoms with Crippen LogP contribution in [0.1, 0.15) is 25.7 Å². The predicted octanol–water partition coefficient (Wildman–Crippen LogP) is 2.54. The minimum atomic E-state index is 0.520. The Morgan fingerprint density at radius 1 is 1.60 bits per heavy atom. The number of hydrogen-bond donors (Lipinski definition) is 0. The highest BCUT2D eigenvalue weighted by atomic mass is 79.9. The smallest absolute Gasteiger partial charge is 0.0578 e. The van der Waals surface area contributed by atoms with Crippen LogP contribution < -0.4 is 0 Å². The first-order valence-electron chi connectivity index (χ1n) is 3.92. The van der Waals surface area contributed by atoms with E-state index in [1.807, 2.05) is 0 Å². The largest absolute Gasteiger partial charge is 0.377 e. The predicted molar refractivity (Wildman–Crippen MR) is 46.3 cm³/mol. The molecule has 59 valence electrons. The fourth-order valence-corrected chi connectivity index (χ4v) is 1.46. The van der Waals surface area contributed by atoms with Crippen molar-refractivity contribution in [1.82, 2.24) is 0 Å². The van der Waals surface area contributed by atoms with Gasteiger partial charge in [-0.1, -0.05) is 22.4 Å². The standard InChI is InChI=1S/C8H14BrO/c9-6-7-10-8-4-2-1-3-5-8/h2,8H,1,3-7H2. The first-order chi connectivity index (χ1) is 4.93. The molecule has 1 aliphatic rings. The average molecular weight is 206 g/mol. The molecule has 1 atom stereocenters. The molecule has 1 rings (SSSR count). The first kappa shape index (κ1) is 8.54. The highest BCUT2D eigenvalue weighted by molar-refractivity contribution is 9.09. The van der Waals surface area contributed by atoms with E-state index >= 15 is 0 Å². The Bertz CT molecular complexity index is 79.3. The van der Waals surface area contributed by atoms with E-state index in [0.29, 0.717) is 6.10 Å². The van der Waals surface area contributed by atoms with Gasteiger partial charge in [-0.15, -0.1) is 0 Å². The summed E-state index contributed by atoms with van der Waals surface area (Å²) in [5.41, 5.74) is 0. The van der Waals surface area contributed by atoms with Crippen molar-refractivity contribution in [1.29, 1.82) is 0 Å². The molecular formula is C8H14BrO. The number of hydrogen-bond acceptors (Lipinski definition) is 1. The zero-order chi connectivity index (χ0) is 7.23. The third kappa shape index (κ3) is 3.02. The summed E-state index contributed by atoms with van der Waals surface area (Å²) in [7, 11) is 0. The molecule has 0 bridgehead atoms. The van der Waals surface area contributed by atoms with E-state index in [9.17, 15) is 0 Å². The van der Waals surface area contributed by atoms with E-state index < -0.39 is 0 Å². The van der Waals surface area contributed by atoms with Crippen LogP contribution in [0.2, 0.25) is 0 Å². The summed E-state index contributed by atoms with van der Waals surface area (Å²) in [5, 5.41) is 0.962. The van der Waals surface area contributed by atoms with Crippen molar-refractivity contribution in [3.05, 3.63) is 6.42 Å². The van der Waals surface area contributed by atoms with E-state index in [-0.39, 0.29) is 0 Å². The van der Waals surface area contributed by atoms with Crippen molar-refractivity contribution in [3.8, 4) is 0 Å². The number of rotatable bonds is 3. The third-order valence-electron chi connectivity index (χ3n) is 1.79. The summed E-state index contributed by atoms with van der Waals surface area (Å²) < 4.78 is 5.55. The third-order valence-corrected chi connectivity index (χ3v) is 2.12. The molecule has 0 spiro atoms. The molecule has 2 heteroatoms. The molecule has 0 aromatic heterocycles. The molecule has 0 aromatic carbocycles. The van der Waals surface area contributed by atoms with Crippen molar-refractivity contribution in [3.63, 3.8) is 0 Å². The number of halogens is 1. The Balaban J connectivity index is 2.02. The maximum absolute atomic E-state index is 5.55. The fourth-order valence-electron chi connectivity index (χ4n) is 1.27. The van der Waals surface area contributed by atoms with Gasteiger partial charge in [0, 0.05) is 5.33 Å². The highest BCUT2D eigenvalue weighted by Crippen LogP contribution is 2.19. The topological polar surface area (TPSA) is 9.23 Å². The number of alkyl halides is 1. The fraction of sp³-hybridized carbons (Fsp3) is 0.875. The van der Waals surface area contributed by atoms with E-state index in [1.54, 1.807) is 0 Å². The minimum Gasteiger partial charge on any atom is -0.377 e. The van der Waals surface area contributed by atoms with Crippen LogP contribution >= 0.6 is 15.9 Å². The van der Waals surface area contributed by atoms with Gasteiger partial charge in [-0.05, 0) is 25.7 Å². The summed E-state index contributed by atoms with van der Waals surface area (Å²) in [6, 6.07) is 0. The summed E-state index contributed by atoms with van der Waals surface area (Å²) in [4.78, 5) is 0. The Labute approximate surface area is 71.3 Å². The average Bonchev–Trinajstić information content (AvgIpc) is 2.03. The van der Waals surface area contributed by atoms with Gasteiger partial charge in [-0.25, -0.2) is 0 Å². The lowest BCUT2D eigenvalue weighted by Gasteiger charge is -2.21. The second kappa shape index (κ2) is 5.14. The van der Waals surface area contributed by atoms with Gasteiger partial charge in [0.2, 0.25) is 0 Å². The van der Waals surface area contributed by atoms with Crippen LogP contribution in [0.25, 0.3) is 0 Å². The van der Waals surface area contributed by atoms with Gasteiger partial charge < -0.3 is 4.74 Å². The monoisotopic (exact) mass is 205 g/mol. The van der Waals surface area contributed by atoms with Crippen molar-refractivity contribution in [2.45, 2.75) is 31.8 Å². The molecule has 1 nitrogen and oxygen atoms in total. The molecule has 1 saturated carbocycles. The zero-order valence-corrected chi connectivity index (χ0v) is 7.77. The Kier molecular flexibility index (Phi) is 4.39. The van der Waals surface area contributed by atoms with Crippen LogP contribution in [-0.2, 0) is 4.74 Å². The molecule has 1 aliphatic carbocycles. The van der Waals surface area contributed by atoms with Gasteiger partial charge >= 0.3 is 0 Å². The minimum absolute atomic E-state index is 0.520. The Morgan fingerprint density at radius 2 is 2.50 bits per heavy atom. The molecule has 10 heavy (non-hydrogen) atoms. The van der Waals surface area contributed by atoms with Crippen molar-refractivity contribution in [2.24, 2.45) is 0 Å². The van der Waals surface area contributed by atoms with Gasteiger partial charge in [0.1, 0.15) is 0 Å². The molecule has 1 fully saturated rings. The van der Waals surface area contributed by atoms with Crippen LogP contribution in [0.3, 0.4) is 0 Å². The maximum atomic E-state index is 5.55. The van der Waals surface area contributed by atoms with Crippen LogP contribution in [0, 0.1) is 6.42 Å². The second-order valence-corrected chi connectivity index (χ2v) is 3.43. The maximum Gasteiger partial charge on any atom is 0.0578 e. The molecule has 0 amide bonds. The van der Waals surface area contributed by atoms with E-state index in [0.717, 1.165) is 18.4 Å². The van der Waals surface area contributed by atoms with Crippen LogP contribution in [0.15, 0.2) is 0 Å². The molecule has 1 unspecified atom stereocenters. The highest BCUT2D eigenvalue weighted by Gasteiger charge is 2.12. The number of ether oxygens (including phenoxy) is 1. The molecule has 0 heterocycles. The normalized spacial score (nSPS) is 21.3. The lowest BCUT2D eigenvalue weighted by molar-refractivity contribution is 0.0495. The molecule has 0 saturated heterocycles. The Hall–Kier alpha value is 0.440. The molecule has 0 aliphatic heterocycles. The quantitative estimate of drug-likeness (QED) is 0.644. The van der Waals surface area contributed by atoms with Crippen LogP contribution in [0.4, 0.5) is 0 Å². The SMILES string of the molecule is BrCCOC1C[CH]CCC1. The molecule has 0 aromatic rings. The van der Waals surface area contributed by atoms with Gasteiger partial charge in [-0.3, -0.25) is 0 Å². The summed E-state index contributed by atoms with van der Waals surface area (Å²) in [6.45, 7) is 0.860. The Morgan fingerprint density at radius 3 is 3.10 bits per heavy atom. The van der Waals surface area contributed by atoms with E-state index in [1.165, 1.54) is 19.3 Å². The van der Waals surface area contributed by atoms with Crippen molar-refractivity contribution < 1.29 is 4.74 Å². The van der Waals surface area contributed by atoms with Gasteiger partial charge in [0.05, 0.1) is 12.7 Å². The van der Waals surface area contributed by atoms with E-state index in [4.69, 9.17) is 4.74 Å². The molecule has 1 radical (unpaired) electrons. The second-order valence-electron chi connectivity index (χ2n) is 2.64. The van der Waals surface area contributed by atoms with Gasteiger partial charge in [-0.2, -0.15) is 0 Å². The van der Waals surface area contributed by atoms with Crippen LogP contribution in [0.5, 0.6) is 0 Å². The van der Waals surface area contributed by atoms with Crippen LogP contribution in [-0.4, -0.2) is 18.0 Å². The first-order valence-corrected chi connectivity index (χ1v) is 5.05. The van der Waals surface area contributed by atoms with E-state index in [2.05, 4.69) is 22.4 Å². The lowest BCUT2D eigenvalue weighted by Crippen LogP contribution is -2.17. The summed E-state index contributed by atoms with van der Waals surface area (Å²) in [5.74, 6) is 0.